The molecule has 0 aliphatic rings. The van der Waals surface area contributed by atoms with Crippen LogP contribution in [-0.4, -0.2) is 30.2 Å². The van der Waals surface area contributed by atoms with Gasteiger partial charge < -0.3 is 15.8 Å². The normalized spacial score (nSPS) is 11.5. The lowest BCUT2D eigenvalue weighted by Crippen LogP contribution is -2.25. The summed E-state index contributed by atoms with van der Waals surface area (Å²) in [5.74, 6) is -0.298. The van der Waals surface area contributed by atoms with Crippen molar-refractivity contribution >= 4 is 11.8 Å². The maximum Gasteiger partial charge on any atom is 0.222 e. The van der Waals surface area contributed by atoms with Crippen molar-refractivity contribution in [1.82, 2.24) is 9.97 Å². The Hall–Kier alpha value is -1.43. The van der Waals surface area contributed by atoms with Crippen molar-refractivity contribution in [2.45, 2.75) is 20.3 Å². The van der Waals surface area contributed by atoms with E-state index in [0.717, 1.165) is 12.6 Å². The molecule has 5 nitrogen and oxygen atoms in total. The number of anilines is 2. The average molecular weight is 242 g/mol. The summed E-state index contributed by atoms with van der Waals surface area (Å²) in [4.78, 5) is 7.37. The molecule has 1 aromatic heterocycles. The van der Waals surface area contributed by atoms with Gasteiger partial charge in [-0.15, -0.1) is 0 Å². The van der Waals surface area contributed by atoms with E-state index in [2.05, 4.69) is 29.1 Å². The fraction of sp³-hybridized carbons (Fsp3) is 0.636. The smallest absolute Gasteiger partial charge is 0.222 e. The highest BCUT2D eigenvalue weighted by atomic mass is 19.1. The minimum atomic E-state index is -0.498. The van der Waals surface area contributed by atoms with Gasteiger partial charge in [0.25, 0.3) is 0 Å². The second-order valence-electron chi connectivity index (χ2n) is 4.69. The van der Waals surface area contributed by atoms with E-state index in [9.17, 15) is 4.39 Å². The molecule has 0 spiro atoms. The molecule has 0 aliphatic carbocycles. The first kappa shape index (κ1) is 13.6. The number of hydrogen-bond donors (Lipinski definition) is 2. The van der Waals surface area contributed by atoms with Crippen LogP contribution in [0.4, 0.5) is 16.2 Å². The SMILES string of the molecule is COCCC(C)(C)CNc1nc(N)ncc1F. The molecule has 96 valence electrons. The van der Waals surface area contributed by atoms with E-state index in [4.69, 9.17) is 10.5 Å². The number of rotatable bonds is 6. The first-order valence-corrected chi connectivity index (χ1v) is 5.45. The van der Waals surface area contributed by atoms with E-state index in [0.29, 0.717) is 13.2 Å². The molecule has 0 fully saturated rings. The summed E-state index contributed by atoms with van der Waals surface area (Å²) < 4.78 is 18.4. The molecule has 1 rings (SSSR count). The monoisotopic (exact) mass is 242 g/mol. The van der Waals surface area contributed by atoms with Crippen LogP contribution in [0.15, 0.2) is 6.20 Å². The topological polar surface area (TPSA) is 73.1 Å². The van der Waals surface area contributed by atoms with Crippen molar-refractivity contribution in [3.63, 3.8) is 0 Å². The van der Waals surface area contributed by atoms with Crippen molar-refractivity contribution in [2.75, 3.05) is 31.3 Å². The zero-order chi connectivity index (χ0) is 12.9. The number of methoxy groups -OCH3 is 1. The molecule has 1 heterocycles. The van der Waals surface area contributed by atoms with Gasteiger partial charge in [0, 0.05) is 20.3 Å². The molecule has 0 radical (unpaired) electrons. The van der Waals surface area contributed by atoms with Crippen LogP contribution in [0.3, 0.4) is 0 Å². The number of halogens is 1. The fourth-order valence-electron chi connectivity index (χ4n) is 1.29. The summed E-state index contributed by atoms with van der Waals surface area (Å²) in [7, 11) is 1.66. The Morgan fingerprint density at radius 1 is 1.53 bits per heavy atom. The Labute approximate surface area is 101 Å². The Kier molecular flexibility index (Phi) is 4.62. The second kappa shape index (κ2) is 5.77. The molecule has 0 unspecified atom stereocenters. The molecular formula is C11H19FN4O. The summed E-state index contributed by atoms with van der Waals surface area (Å²) in [6.07, 6.45) is 1.94. The van der Waals surface area contributed by atoms with Gasteiger partial charge in [0.1, 0.15) is 0 Å². The van der Waals surface area contributed by atoms with Crippen molar-refractivity contribution in [2.24, 2.45) is 5.41 Å². The molecule has 0 saturated carbocycles. The minimum Gasteiger partial charge on any atom is -0.385 e. The van der Waals surface area contributed by atoms with Gasteiger partial charge in [-0.25, -0.2) is 9.37 Å². The standard InChI is InChI=1S/C11H19FN4O/c1-11(2,4-5-17-3)7-15-9-8(12)6-14-10(13)16-9/h6H,4-5,7H2,1-3H3,(H3,13,14,15,16). The zero-order valence-corrected chi connectivity index (χ0v) is 10.5. The van der Waals surface area contributed by atoms with Crippen LogP contribution in [0.25, 0.3) is 0 Å². The van der Waals surface area contributed by atoms with E-state index in [1.165, 1.54) is 0 Å². The molecule has 0 saturated heterocycles. The van der Waals surface area contributed by atoms with Gasteiger partial charge in [-0.3, -0.25) is 0 Å². The Balaban J connectivity index is 2.57. The quantitative estimate of drug-likeness (QED) is 0.794. The molecular weight excluding hydrogens is 223 g/mol. The molecule has 17 heavy (non-hydrogen) atoms. The van der Waals surface area contributed by atoms with E-state index in [-0.39, 0.29) is 17.2 Å². The Morgan fingerprint density at radius 2 is 2.24 bits per heavy atom. The third-order valence-electron chi connectivity index (χ3n) is 2.48. The van der Waals surface area contributed by atoms with Crippen molar-refractivity contribution in [1.29, 1.82) is 0 Å². The van der Waals surface area contributed by atoms with Crippen LogP contribution in [0, 0.1) is 11.2 Å². The van der Waals surface area contributed by atoms with E-state index in [1.54, 1.807) is 7.11 Å². The van der Waals surface area contributed by atoms with Crippen LogP contribution >= 0.6 is 0 Å². The Bertz CT molecular complexity index is 370. The molecule has 3 N–H and O–H groups in total. The lowest BCUT2D eigenvalue weighted by Gasteiger charge is -2.24. The number of aromatic nitrogens is 2. The third kappa shape index (κ3) is 4.52. The third-order valence-corrected chi connectivity index (χ3v) is 2.48. The summed E-state index contributed by atoms with van der Waals surface area (Å²) in [5, 5.41) is 2.94. The summed E-state index contributed by atoms with van der Waals surface area (Å²) in [6.45, 7) is 5.40. The molecule has 0 atom stereocenters. The van der Waals surface area contributed by atoms with Crippen molar-refractivity contribution < 1.29 is 9.13 Å². The van der Waals surface area contributed by atoms with Gasteiger partial charge in [-0.2, -0.15) is 4.98 Å². The van der Waals surface area contributed by atoms with Gasteiger partial charge in [0.15, 0.2) is 11.6 Å². The van der Waals surface area contributed by atoms with Gasteiger partial charge >= 0.3 is 0 Å². The number of ether oxygens (including phenoxy) is 1. The molecule has 1 aromatic rings. The van der Waals surface area contributed by atoms with Crippen LogP contribution < -0.4 is 11.1 Å². The van der Waals surface area contributed by atoms with Crippen molar-refractivity contribution in [3.05, 3.63) is 12.0 Å². The summed E-state index contributed by atoms with van der Waals surface area (Å²) in [5.41, 5.74) is 5.39. The Morgan fingerprint density at radius 3 is 2.88 bits per heavy atom. The predicted molar refractivity (Wildman–Crippen MR) is 65.2 cm³/mol. The van der Waals surface area contributed by atoms with Crippen LogP contribution in [-0.2, 0) is 4.74 Å². The maximum atomic E-state index is 13.3. The van der Waals surface area contributed by atoms with E-state index < -0.39 is 5.82 Å². The molecule has 0 aromatic carbocycles. The molecule has 0 bridgehead atoms. The maximum absolute atomic E-state index is 13.3. The number of nitrogen functional groups attached to an aromatic ring is 1. The molecule has 0 amide bonds. The zero-order valence-electron chi connectivity index (χ0n) is 10.5. The predicted octanol–water partition coefficient (Wildman–Crippen LogP) is 1.67. The van der Waals surface area contributed by atoms with Gasteiger partial charge in [-0.05, 0) is 11.8 Å². The van der Waals surface area contributed by atoms with Crippen LogP contribution in [0.2, 0.25) is 0 Å². The second-order valence-corrected chi connectivity index (χ2v) is 4.69. The largest absolute Gasteiger partial charge is 0.385 e. The average Bonchev–Trinajstić information content (AvgIpc) is 2.28. The lowest BCUT2D eigenvalue weighted by molar-refractivity contribution is 0.157. The summed E-state index contributed by atoms with van der Waals surface area (Å²) >= 11 is 0. The van der Waals surface area contributed by atoms with Gasteiger partial charge in [0.2, 0.25) is 5.95 Å². The highest BCUT2D eigenvalue weighted by Gasteiger charge is 2.18. The minimum absolute atomic E-state index is 0.0117. The van der Waals surface area contributed by atoms with E-state index >= 15 is 0 Å². The first-order valence-electron chi connectivity index (χ1n) is 5.45. The van der Waals surface area contributed by atoms with Crippen LogP contribution in [0.1, 0.15) is 20.3 Å². The number of hydrogen-bond acceptors (Lipinski definition) is 5. The highest BCUT2D eigenvalue weighted by molar-refractivity contribution is 5.39. The molecule has 0 aliphatic heterocycles. The summed E-state index contributed by atoms with van der Waals surface area (Å²) in [6, 6.07) is 0. The lowest BCUT2D eigenvalue weighted by atomic mass is 9.90. The number of nitrogens with one attached hydrogen (secondary N) is 1. The number of nitrogens with zero attached hydrogens (tertiary/aromatic N) is 2. The van der Waals surface area contributed by atoms with Gasteiger partial charge in [-0.1, -0.05) is 13.8 Å². The van der Waals surface area contributed by atoms with Crippen molar-refractivity contribution in [3.8, 4) is 0 Å². The van der Waals surface area contributed by atoms with Gasteiger partial charge in [0.05, 0.1) is 6.20 Å². The van der Waals surface area contributed by atoms with E-state index in [1.807, 2.05) is 0 Å². The highest BCUT2D eigenvalue weighted by Crippen LogP contribution is 2.21. The molecule has 6 heteroatoms. The fourth-order valence-corrected chi connectivity index (χ4v) is 1.29. The first-order chi connectivity index (χ1) is 7.94. The number of nitrogens with two attached hydrogens (primary N) is 1. The van der Waals surface area contributed by atoms with Crippen LogP contribution in [0.5, 0.6) is 0 Å².